The van der Waals surface area contributed by atoms with Gasteiger partial charge in [-0.15, -0.1) is 0 Å². The number of hydrogen-bond acceptors (Lipinski definition) is 7. The summed E-state index contributed by atoms with van der Waals surface area (Å²) in [5, 5.41) is 0. The minimum absolute atomic E-state index is 0.0208. The van der Waals surface area contributed by atoms with Crippen LogP contribution in [0.3, 0.4) is 0 Å². The SMILES string of the molecule is CN(C)c1ccc(N(c2ccc(C(=O)c3ccc(N(c4ccc(N(C)C)cc4)c4ccc(N(C)C)cc4)cc3)cc2)c2ccc(N(C)C)cc2)cc1. The van der Waals surface area contributed by atoms with E-state index >= 15 is 0 Å². The van der Waals surface area contributed by atoms with Crippen molar-refractivity contribution in [3.63, 3.8) is 0 Å². The number of nitrogens with zero attached hydrogens (tertiary/aromatic N) is 6. The van der Waals surface area contributed by atoms with E-state index in [1.165, 1.54) is 0 Å². The van der Waals surface area contributed by atoms with Crippen LogP contribution in [0.5, 0.6) is 0 Å². The molecule has 0 amide bonds. The summed E-state index contributed by atoms with van der Waals surface area (Å²) in [6.07, 6.45) is 0. The molecule has 6 aromatic carbocycles. The molecule has 0 aliphatic carbocycles. The molecule has 0 N–H and O–H groups in total. The van der Waals surface area contributed by atoms with E-state index in [1.54, 1.807) is 0 Å². The Balaban J connectivity index is 1.29. The largest absolute Gasteiger partial charge is 0.378 e. The predicted octanol–water partition coefficient (Wildman–Crippen LogP) is 10.1. The molecule has 0 aliphatic heterocycles. The number of benzene rings is 6. The van der Waals surface area contributed by atoms with Gasteiger partial charge < -0.3 is 29.4 Å². The lowest BCUT2D eigenvalue weighted by Crippen LogP contribution is -2.13. The van der Waals surface area contributed by atoms with Crippen molar-refractivity contribution in [2.24, 2.45) is 0 Å². The fraction of sp³-hybridized carbons (Fsp3) is 0.178. The Kier molecular flexibility index (Phi) is 10.5. The van der Waals surface area contributed by atoms with Crippen LogP contribution in [0.15, 0.2) is 146 Å². The van der Waals surface area contributed by atoms with E-state index in [0.29, 0.717) is 11.1 Å². The number of carbonyl (C=O) groups is 1. The molecule has 52 heavy (non-hydrogen) atoms. The van der Waals surface area contributed by atoms with Crippen molar-refractivity contribution in [3.05, 3.63) is 157 Å². The van der Waals surface area contributed by atoms with Crippen LogP contribution in [-0.2, 0) is 0 Å². The molecule has 6 rings (SSSR count). The van der Waals surface area contributed by atoms with Gasteiger partial charge in [0.1, 0.15) is 0 Å². The molecule has 0 radical (unpaired) electrons. The van der Waals surface area contributed by atoms with E-state index in [-0.39, 0.29) is 5.78 Å². The zero-order chi connectivity index (χ0) is 36.9. The maximum Gasteiger partial charge on any atom is 0.193 e. The van der Waals surface area contributed by atoms with E-state index < -0.39 is 0 Å². The Labute approximate surface area is 309 Å². The lowest BCUT2D eigenvalue weighted by atomic mass is 10.0. The smallest absolute Gasteiger partial charge is 0.193 e. The van der Waals surface area contributed by atoms with Gasteiger partial charge in [0.15, 0.2) is 5.78 Å². The molecular weight excluding hydrogens is 641 g/mol. The van der Waals surface area contributed by atoms with Crippen molar-refractivity contribution in [3.8, 4) is 0 Å². The molecule has 7 heteroatoms. The summed E-state index contributed by atoms with van der Waals surface area (Å²) >= 11 is 0. The van der Waals surface area contributed by atoms with Gasteiger partial charge in [-0.3, -0.25) is 4.79 Å². The van der Waals surface area contributed by atoms with Gasteiger partial charge in [0.25, 0.3) is 0 Å². The van der Waals surface area contributed by atoms with Crippen LogP contribution in [0.2, 0.25) is 0 Å². The maximum absolute atomic E-state index is 13.8. The van der Waals surface area contributed by atoms with E-state index in [1.807, 2.05) is 105 Å². The molecule has 0 heterocycles. The van der Waals surface area contributed by atoms with Crippen molar-refractivity contribution >= 4 is 62.7 Å². The third-order valence-electron chi connectivity index (χ3n) is 9.27. The lowest BCUT2D eigenvalue weighted by Gasteiger charge is -2.27. The molecule has 0 aliphatic rings. The van der Waals surface area contributed by atoms with E-state index in [4.69, 9.17) is 0 Å². The minimum atomic E-state index is -0.0208. The monoisotopic (exact) mass is 688 g/mol. The Morgan fingerprint density at radius 2 is 0.423 bits per heavy atom. The zero-order valence-electron chi connectivity index (χ0n) is 31.4. The molecule has 264 valence electrons. The molecule has 0 bridgehead atoms. The highest BCUT2D eigenvalue weighted by molar-refractivity contribution is 6.09. The molecule has 0 saturated heterocycles. The molecular formula is C45H48N6O. The van der Waals surface area contributed by atoms with E-state index in [0.717, 1.165) is 56.9 Å². The summed E-state index contributed by atoms with van der Waals surface area (Å²) in [5.74, 6) is -0.0208. The molecule has 0 aromatic heterocycles. The number of hydrogen-bond donors (Lipinski definition) is 0. The summed E-state index contributed by atoms with van der Waals surface area (Å²) in [4.78, 5) is 26.6. The minimum Gasteiger partial charge on any atom is -0.378 e. The summed E-state index contributed by atoms with van der Waals surface area (Å²) in [5.41, 5.74) is 11.9. The summed E-state index contributed by atoms with van der Waals surface area (Å²) in [6.45, 7) is 0. The van der Waals surface area contributed by atoms with Crippen LogP contribution >= 0.6 is 0 Å². The van der Waals surface area contributed by atoms with Crippen LogP contribution in [0, 0.1) is 0 Å². The van der Waals surface area contributed by atoms with Gasteiger partial charge in [-0.25, -0.2) is 0 Å². The van der Waals surface area contributed by atoms with Crippen LogP contribution < -0.4 is 29.4 Å². The Bertz CT molecular complexity index is 1810. The van der Waals surface area contributed by atoms with Crippen molar-refractivity contribution in [2.45, 2.75) is 0 Å². The normalized spacial score (nSPS) is 10.8. The number of carbonyl (C=O) groups excluding carboxylic acids is 1. The first-order valence-corrected chi connectivity index (χ1v) is 17.4. The second-order valence-corrected chi connectivity index (χ2v) is 13.7. The Hall–Kier alpha value is -6.21. The third kappa shape index (κ3) is 7.74. The van der Waals surface area contributed by atoms with Gasteiger partial charge in [0, 0.05) is 124 Å². The quantitative estimate of drug-likeness (QED) is 0.119. The zero-order valence-corrected chi connectivity index (χ0v) is 31.4. The highest BCUT2D eigenvalue weighted by Crippen LogP contribution is 2.38. The fourth-order valence-electron chi connectivity index (χ4n) is 6.18. The average molecular weight is 689 g/mol. The fourth-order valence-corrected chi connectivity index (χ4v) is 6.18. The first-order chi connectivity index (χ1) is 25.0. The Morgan fingerprint density at radius 3 is 0.596 bits per heavy atom. The molecule has 0 atom stereocenters. The van der Waals surface area contributed by atoms with Gasteiger partial charge in [0.05, 0.1) is 0 Å². The number of anilines is 10. The van der Waals surface area contributed by atoms with Gasteiger partial charge in [-0.2, -0.15) is 0 Å². The van der Waals surface area contributed by atoms with Crippen LogP contribution in [0.4, 0.5) is 56.9 Å². The highest BCUT2D eigenvalue weighted by atomic mass is 16.1. The first kappa shape index (κ1) is 35.6. The predicted molar refractivity (Wildman–Crippen MR) is 223 cm³/mol. The average Bonchev–Trinajstić information content (AvgIpc) is 3.16. The van der Waals surface area contributed by atoms with Crippen LogP contribution in [0.25, 0.3) is 0 Å². The summed E-state index contributed by atoms with van der Waals surface area (Å²) in [6, 6.07) is 49.8. The van der Waals surface area contributed by atoms with Crippen molar-refractivity contribution in [1.82, 2.24) is 0 Å². The maximum atomic E-state index is 13.8. The number of ketones is 1. The standard InChI is InChI=1S/C45H48N6O/c1-46(2)35-17-25-41(26-18-35)50(42-27-19-36(20-28-42)47(3)4)39-13-9-33(10-14-39)45(52)34-11-15-40(16-12-34)51(43-29-21-37(22-30-43)48(5)6)44-31-23-38(24-32-44)49(7)8/h9-32H,1-8H3. The number of rotatable bonds is 12. The third-order valence-corrected chi connectivity index (χ3v) is 9.27. The van der Waals surface area contributed by atoms with Crippen LogP contribution in [-0.4, -0.2) is 62.2 Å². The van der Waals surface area contributed by atoms with Crippen molar-refractivity contribution in [1.29, 1.82) is 0 Å². The van der Waals surface area contributed by atoms with Gasteiger partial charge in [0.2, 0.25) is 0 Å². The van der Waals surface area contributed by atoms with Crippen LogP contribution in [0.1, 0.15) is 15.9 Å². The van der Waals surface area contributed by atoms with Gasteiger partial charge in [-0.1, -0.05) is 0 Å². The first-order valence-electron chi connectivity index (χ1n) is 17.4. The second kappa shape index (κ2) is 15.4. The molecule has 7 nitrogen and oxygen atoms in total. The summed E-state index contributed by atoms with van der Waals surface area (Å²) in [7, 11) is 16.3. The second-order valence-electron chi connectivity index (χ2n) is 13.7. The van der Waals surface area contributed by atoms with E-state index in [9.17, 15) is 4.79 Å². The highest BCUT2D eigenvalue weighted by Gasteiger charge is 2.17. The topological polar surface area (TPSA) is 36.5 Å². The molecule has 6 aromatic rings. The molecule has 0 saturated carbocycles. The molecule has 0 unspecified atom stereocenters. The van der Waals surface area contributed by atoms with Crippen molar-refractivity contribution < 1.29 is 4.79 Å². The van der Waals surface area contributed by atoms with Gasteiger partial charge in [-0.05, 0) is 146 Å². The molecule has 0 spiro atoms. The molecule has 0 fully saturated rings. The summed E-state index contributed by atoms with van der Waals surface area (Å²) < 4.78 is 0. The van der Waals surface area contributed by atoms with Gasteiger partial charge >= 0.3 is 0 Å². The van der Waals surface area contributed by atoms with Crippen molar-refractivity contribution in [2.75, 3.05) is 85.8 Å². The van der Waals surface area contributed by atoms with E-state index in [2.05, 4.69) is 126 Å². The Morgan fingerprint density at radius 1 is 0.269 bits per heavy atom. The lowest BCUT2D eigenvalue weighted by molar-refractivity contribution is 0.103.